The average molecular weight is 284 g/mol. The highest BCUT2D eigenvalue weighted by Gasteiger charge is 2.21. The second kappa shape index (κ2) is 8.05. The van der Waals surface area contributed by atoms with E-state index < -0.39 is 22.1 Å². The highest BCUT2D eigenvalue weighted by atomic mass is 16.6. The lowest BCUT2D eigenvalue weighted by atomic mass is 10.2. The fourth-order valence-electron chi connectivity index (χ4n) is 1.38. The van der Waals surface area contributed by atoms with E-state index in [0.29, 0.717) is 13.2 Å². The van der Waals surface area contributed by atoms with Crippen LogP contribution in [0.3, 0.4) is 0 Å². The summed E-state index contributed by atoms with van der Waals surface area (Å²) in [6.07, 6.45) is 2.86. The van der Waals surface area contributed by atoms with E-state index in [1.807, 2.05) is 6.92 Å². The van der Waals surface area contributed by atoms with Gasteiger partial charge in [0.2, 0.25) is 5.88 Å². The van der Waals surface area contributed by atoms with E-state index in [9.17, 15) is 14.9 Å². The molecule has 1 rings (SSSR count). The molecule has 110 valence electrons. The normalized spacial score (nSPS) is 10.2. The quantitative estimate of drug-likeness (QED) is 0.418. The van der Waals surface area contributed by atoms with Crippen molar-refractivity contribution in [1.29, 1.82) is 0 Å². The number of unbranched alkanes of at least 4 members (excludes halogenated alkanes) is 1. The van der Waals surface area contributed by atoms with Crippen LogP contribution < -0.4 is 4.74 Å². The lowest BCUT2D eigenvalue weighted by Gasteiger charge is -2.06. The molecule has 0 amide bonds. The Bertz CT molecular complexity index is 477. The number of pyridine rings is 1. The first-order valence-electron chi connectivity index (χ1n) is 6.14. The molecule has 1 N–H and O–H groups in total. The van der Waals surface area contributed by atoms with Gasteiger partial charge < -0.3 is 14.6 Å². The minimum Gasteiger partial charge on any atom is -0.477 e. The van der Waals surface area contributed by atoms with Crippen LogP contribution >= 0.6 is 0 Å². The van der Waals surface area contributed by atoms with E-state index in [1.165, 1.54) is 0 Å². The number of hydrogen-bond acceptors (Lipinski definition) is 6. The van der Waals surface area contributed by atoms with Gasteiger partial charge in [-0.15, -0.1) is 0 Å². The van der Waals surface area contributed by atoms with Crippen LogP contribution in [-0.2, 0) is 4.74 Å². The van der Waals surface area contributed by atoms with Crippen molar-refractivity contribution in [2.75, 3.05) is 19.8 Å². The first-order chi connectivity index (χ1) is 9.56. The van der Waals surface area contributed by atoms with Gasteiger partial charge in [-0.2, -0.15) is 0 Å². The van der Waals surface area contributed by atoms with Gasteiger partial charge >= 0.3 is 11.7 Å². The second-order valence-corrected chi connectivity index (χ2v) is 3.92. The van der Waals surface area contributed by atoms with Crippen molar-refractivity contribution in [1.82, 2.24) is 4.98 Å². The van der Waals surface area contributed by atoms with Crippen LogP contribution in [0.2, 0.25) is 0 Å². The van der Waals surface area contributed by atoms with Crippen LogP contribution in [-0.4, -0.2) is 40.8 Å². The molecular weight excluding hydrogens is 268 g/mol. The van der Waals surface area contributed by atoms with E-state index in [4.69, 9.17) is 14.6 Å². The maximum Gasteiger partial charge on any atom is 0.342 e. The standard InChI is InChI=1S/C12H16N2O6/c1-2-3-4-19-5-6-20-11-7-9(12(15)16)10(8-13-11)14(17)18/h7-8H,2-6H2,1H3,(H,15,16). The predicted octanol–water partition coefficient (Wildman–Crippen LogP) is 1.88. The Balaban J connectivity index is 2.57. The van der Waals surface area contributed by atoms with E-state index >= 15 is 0 Å². The monoisotopic (exact) mass is 284 g/mol. The van der Waals surface area contributed by atoms with Crippen LogP contribution in [0.25, 0.3) is 0 Å². The van der Waals surface area contributed by atoms with Gasteiger partial charge in [-0.1, -0.05) is 13.3 Å². The summed E-state index contributed by atoms with van der Waals surface area (Å²) in [5, 5.41) is 19.5. The molecule has 8 nitrogen and oxygen atoms in total. The topological polar surface area (TPSA) is 112 Å². The van der Waals surface area contributed by atoms with E-state index in [2.05, 4.69) is 4.98 Å². The Morgan fingerprint density at radius 1 is 1.45 bits per heavy atom. The van der Waals surface area contributed by atoms with Crippen LogP contribution in [0.15, 0.2) is 12.3 Å². The number of carbonyl (C=O) groups is 1. The maximum absolute atomic E-state index is 10.9. The third-order valence-corrected chi connectivity index (χ3v) is 2.40. The molecule has 20 heavy (non-hydrogen) atoms. The summed E-state index contributed by atoms with van der Waals surface area (Å²) in [4.78, 5) is 24.5. The number of ether oxygens (including phenoxy) is 2. The number of hydrogen-bond donors (Lipinski definition) is 1. The SMILES string of the molecule is CCCCOCCOc1cc(C(=O)O)c([N+](=O)[O-])cn1. The molecule has 0 atom stereocenters. The number of nitro groups is 1. The van der Waals surface area contributed by atoms with Crippen molar-refractivity contribution >= 4 is 11.7 Å². The summed E-state index contributed by atoms with van der Waals surface area (Å²) < 4.78 is 10.4. The van der Waals surface area contributed by atoms with Gasteiger partial charge in [0, 0.05) is 12.7 Å². The molecular formula is C12H16N2O6. The van der Waals surface area contributed by atoms with Crippen molar-refractivity contribution < 1.29 is 24.3 Å². The van der Waals surface area contributed by atoms with Crippen molar-refractivity contribution in [2.24, 2.45) is 0 Å². The lowest BCUT2D eigenvalue weighted by molar-refractivity contribution is -0.385. The fourth-order valence-corrected chi connectivity index (χ4v) is 1.38. The molecule has 8 heteroatoms. The predicted molar refractivity (Wildman–Crippen MR) is 69.1 cm³/mol. The van der Waals surface area contributed by atoms with Gasteiger partial charge in [-0.25, -0.2) is 9.78 Å². The van der Waals surface area contributed by atoms with E-state index in [-0.39, 0.29) is 12.5 Å². The minimum absolute atomic E-state index is 0.0205. The fraction of sp³-hybridized carbons (Fsp3) is 0.500. The Kier molecular flexibility index (Phi) is 6.38. The van der Waals surface area contributed by atoms with Gasteiger partial charge in [0.25, 0.3) is 0 Å². The summed E-state index contributed by atoms with van der Waals surface area (Å²) in [6.45, 7) is 3.23. The van der Waals surface area contributed by atoms with Crippen molar-refractivity contribution in [3.05, 3.63) is 27.9 Å². The molecule has 0 unspecified atom stereocenters. The van der Waals surface area contributed by atoms with Crippen molar-refractivity contribution in [3.8, 4) is 5.88 Å². The average Bonchev–Trinajstić information content (AvgIpc) is 2.42. The Labute approximate surface area is 115 Å². The number of carboxylic acid groups (broad SMARTS) is 1. The molecule has 1 heterocycles. The van der Waals surface area contributed by atoms with Crippen molar-refractivity contribution in [3.63, 3.8) is 0 Å². The maximum atomic E-state index is 10.9. The summed E-state index contributed by atoms with van der Waals surface area (Å²) in [5.41, 5.74) is -1.02. The van der Waals surface area contributed by atoms with Gasteiger partial charge in [0.1, 0.15) is 18.4 Å². The zero-order valence-corrected chi connectivity index (χ0v) is 11.1. The van der Waals surface area contributed by atoms with Crippen LogP contribution in [0, 0.1) is 10.1 Å². The third kappa shape index (κ3) is 4.81. The molecule has 1 aromatic heterocycles. The molecule has 0 spiro atoms. The highest BCUT2D eigenvalue weighted by Crippen LogP contribution is 2.21. The molecule has 0 aliphatic heterocycles. The second-order valence-electron chi connectivity index (χ2n) is 3.92. The Hall–Kier alpha value is -2.22. The van der Waals surface area contributed by atoms with Gasteiger partial charge in [0.15, 0.2) is 0 Å². The molecule has 0 aromatic carbocycles. The van der Waals surface area contributed by atoms with Crippen molar-refractivity contribution in [2.45, 2.75) is 19.8 Å². The number of aromatic nitrogens is 1. The molecule has 0 radical (unpaired) electrons. The molecule has 0 fully saturated rings. The molecule has 0 aliphatic carbocycles. The summed E-state index contributed by atoms with van der Waals surface area (Å²) >= 11 is 0. The molecule has 0 aliphatic rings. The lowest BCUT2D eigenvalue weighted by Crippen LogP contribution is -2.10. The van der Waals surface area contributed by atoms with Crippen LogP contribution in [0.1, 0.15) is 30.1 Å². The van der Waals surface area contributed by atoms with Gasteiger partial charge in [-0.3, -0.25) is 10.1 Å². The molecule has 1 aromatic rings. The van der Waals surface area contributed by atoms with E-state index in [0.717, 1.165) is 25.1 Å². The zero-order chi connectivity index (χ0) is 15.0. The molecule has 0 bridgehead atoms. The highest BCUT2D eigenvalue weighted by molar-refractivity contribution is 5.92. The first-order valence-corrected chi connectivity index (χ1v) is 6.14. The summed E-state index contributed by atoms with van der Waals surface area (Å²) in [6, 6.07) is 1.03. The Morgan fingerprint density at radius 3 is 2.80 bits per heavy atom. The van der Waals surface area contributed by atoms with Crippen LogP contribution in [0.4, 0.5) is 5.69 Å². The Morgan fingerprint density at radius 2 is 2.20 bits per heavy atom. The third-order valence-electron chi connectivity index (χ3n) is 2.40. The zero-order valence-electron chi connectivity index (χ0n) is 11.1. The minimum atomic E-state index is -1.40. The number of aromatic carboxylic acids is 1. The van der Waals surface area contributed by atoms with E-state index in [1.54, 1.807) is 0 Å². The summed E-state index contributed by atoms with van der Waals surface area (Å²) in [7, 11) is 0. The first kappa shape index (κ1) is 15.8. The largest absolute Gasteiger partial charge is 0.477 e. The summed E-state index contributed by atoms with van der Waals surface area (Å²) in [5.74, 6) is -1.38. The van der Waals surface area contributed by atoms with Gasteiger partial charge in [0.05, 0.1) is 11.5 Å². The molecule has 0 saturated carbocycles. The number of nitrogens with zero attached hydrogens (tertiary/aromatic N) is 2. The number of rotatable bonds is 9. The number of carboxylic acids is 1. The molecule has 0 saturated heterocycles. The van der Waals surface area contributed by atoms with Crippen LogP contribution in [0.5, 0.6) is 5.88 Å². The smallest absolute Gasteiger partial charge is 0.342 e. The van der Waals surface area contributed by atoms with Gasteiger partial charge in [-0.05, 0) is 6.42 Å².